The predicted molar refractivity (Wildman–Crippen MR) is 166 cm³/mol. The van der Waals surface area contributed by atoms with Crippen molar-refractivity contribution >= 4 is 21.7 Å². The SMILES string of the molecule is CCCCN(CC(=O)N(Cc1cccn1Cc1ccc(F)cc1)C1CCCCC1)S(=O)(=O)CC12CCC(CC1=O)C2(C)C. The monoisotopic (exact) mass is 613 g/mol. The van der Waals surface area contributed by atoms with Gasteiger partial charge in [0.1, 0.15) is 11.6 Å². The van der Waals surface area contributed by atoms with E-state index in [0.29, 0.717) is 32.4 Å². The van der Waals surface area contributed by atoms with Crippen molar-refractivity contribution in [3.63, 3.8) is 0 Å². The summed E-state index contributed by atoms with van der Waals surface area (Å²) in [4.78, 5) is 29.3. The van der Waals surface area contributed by atoms with Crippen LogP contribution in [0.4, 0.5) is 4.39 Å². The number of carbonyl (C=O) groups is 2. The van der Waals surface area contributed by atoms with E-state index in [1.165, 1.54) is 16.4 Å². The molecular weight excluding hydrogens is 565 g/mol. The van der Waals surface area contributed by atoms with Crippen molar-refractivity contribution in [2.75, 3.05) is 18.8 Å². The molecule has 0 spiro atoms. The summed E-state index contributed by atoms with van der Waals surface area (Å²) < 4.78 is 45.2. The minimum atomic E-state index is -3.87. The average Bonchev–Trinajstić information content (AvgIpc) is 3.57. The molecule has 0 aliphatic heterocycles. The maximum Gasteiger partial charge on any atom is 0.238 e. The zero-order valence-electron chi connectivity index (χ0n) is 26.1. The van der Waals surface area contributed by atoms with Crippen molar-refractivity contribution in [1.82, 2.24) is 13.8 Å². The molecule has 0 saturated heterocycles. The highest BCUT2D eigenvalue weighted by Gasteiger charge is 2.65. The predicted octanol–water partition coefficient (Wildman–Crippen LogP) is 6.16. The van der Waals surface area contributed by atoms with Gasteiger partial charge in [-0.05, 0) is 73.3 Å². The fourth-order valence-corrected chi connectivity index (χ4v) is 10.1. The van der Waals surface area contributed by atoms with Gasteiger partial charge in [0.15, 0.2) is 0 Å². The van der Waals surface area contributed by atoms with Gasteiger partial charge in [0.2, 0.25) is 15.9 Å². The molecule has 3 aliphatic rings. The Bertz CT molecular complexity index is 1400. The van der Waals surface area contributed by atoms with Crippen LogP contribution < -0.4 is 0 Å². The number of hydrogen-bond donors (Lipinski definition) is 0. The van der Waals surface area contributed by atoms with E-state index in [2.05, 4.69) is 18.4 Å². The molecule has 0 N–H and O–H groups in total. The molecule has 9 heteroatoms. The van der Waals surface area contributed by atoms with Crippen molar-refractivity contribution in [3.8, 4) is 0 Å². The van der Waals surface area contributed by atoms with E-state index in [1.54, 1.807) is 12.1 Å². The molecule has 5 rings (SSSR count). The van der Waals surface area contributed by atoms with Crippen LogP contribution in [0.3, 0.4) is 0 Å². The number of fused-ring (bicyclic) bond motifs is 2. The number of benzene rings is 1. The minimum absolute atomic E-state index is 0.0516. The molecule has 3 fully saturated rings. The fourth-order valence-electron chi connectivity index (χ4n) is 7.93. The number of nitrogens with zero attached hydrogens (tertiary/aromatic N) is 3. The molecule has 2 aromatic rings. The molecule has 1 aromatic heterocycles. The van der Waals surface area contributed by atoms with E-state index >= 15 is 0 Å². The molecule has 0 radical (unpaired) electrons. The van der Waals surface area contributed by atoms with E-state index in [-0.39, 0.29) is 53.7 Å². The third-order valence-corrected chi connectivity index (χ3v) is 12.8. The Kier molecular flexibility index (Phi) is 9.52. The van der Waals surface area contributed by atoms with E-state index in [1.807, 2.05) is 30.2 Å². The lowest BCUT2D eigenvalue weighted by molar-refractivity contribution is -0.135. The largest absolute Gasteiger partial charge is 0.345 e. The number of amides is 1. The lowest BCUT2D eigenvalue weighted by Crippen LogP contribution is -2.51. The van der Waals surface area contributed by atoms with Crippen molar-refractivity contribution < 1.29 is 22.4 Å². The number of unbranched alkanes of at least 4 members (excludes halogenated alkanes) is 1. The smallest absolute Gasteiger partial charge is 0.238 e. The van der Waals surface area contributed by atoms with E-state index in [9.17, 15) is 22.4 Å². The number of aromatic nitrogens is 1. The molecule has 1 heterocycles. The maximum atomic E-state index is 14.2. The van der Waals surface area contributed by atoms with Gasteiger partial charge in [0, 0.05) is 42.9 Å². The summed E-state index contributed by atoms with van der Waals surface area (Å²) in [5, 5.41) is 0. The lowest BCUT2D eigenvalue weighted by atomic mass is 9.70. The Morgan fingerprint density at radius 3 is 2.42 bits per heavy atom. The maximum absolute atomic E-state index is 14.2. The molecule has 1 aromatic carbocycles. The van der Waals surface area contributed by atoms with Crippen LogP contribution in [0.2, 0.25) is 0 Å². The zero-order chi connectivity index (χ0) is 30.8. The molecule has 236 valence electrons. The molecule has 2 unspecified atom stereocenters. The first-order valence-electron chi connectivity index (χ1n) is 16.2. The molecule has 7 nitrogen and oxygen atoms in total. The van der Waals surface area contributed by atoms with Gasteiger partial charge in [-0.2, -0.15) is 4.31 Å². The first-order valence-corrected chi connectivity index (χ1v) is 17.8. The van der Waals surface area contributed by atoms with E-state index in [0.717, 1.165) is 56.2 Å². The highest BCUT2D eigenvalue weighted by molar-refractivity contribution is 7.89. The Morgan fingerprint density at radius 1 is 1.07 bits per heavy atom. The van der Waals surface area contributed by atoms with Crippen LogP contribution in [0.25, 0.3) is 0 Å². The number of Topliss-reactive ketones (excluding diaryl/α,β-unsaturated/α-hetero) is 1. The van der Waals surface area contributed by atoms with Gasteiger partial charge in [-0.3, -0.25) is 9.59 Å². The second-order valence-corrected chi connectivity index (χ2v) is 15.6. The Hall–Kier alpha value is -2.52. The molecule has 2 atom stereocenters. The van der Waals surface area contributed by atoms with Crippen LogP contribution in [0.1, 0.15) is 96.2 Å². The quantitative estimate of drug-likeness (QED) is 0.271. The van der Waals surface area contributed by atoms with E-state index < -0.39 is 15.4 Å². The Labute approximate surface area is 256 Å². The summed E-state index contributed by atoms with van der Waals surface area (Å²) in [5.74, 6) is -0.358. The Balaban J connectivity index is 1.37. The second kappa shape index (κ2) is 12.8. The molecule has 43 heavy (non-hydrogen) atoms. The fraction of sp³-hybridized carbons (Fsp3) is 0.647. The van der Waals surface area contributed by atoms with Crippen molar-refractivity contribution in [2.24, 2.45) is 16.7 Å². The molecule has 3 saturated carbocycles. The molecule has 2 bridgehead atoms. The summed E-state index contributed by atoms with van der Waals surface area (Å²) in [5.41, 5.74) is 0.695. The van der Waals surface area contributed by atoms with Gasteiger partial charge in [-0.15, -0.1) is 0 Å². The second-order valence-electron chi connectivity index (χ2n) is 13.7. The van der Waals surface area contributed by atoms with Gasteiger partial charge in [0.05, 0.1) is 18.8 Å². The molecular formula is C34H48FN3O4S. The number of sulfonamides is 1. The first kappa shape index (κ1) is 31.9. The highest BCUT2D eigenvalue weighted by Crippen LogP contribution is 2.64. The Morgan fingerprint density at radius 2 is 1.79 bits per heavy atom. The number of ketones is 1. The summed E-state index contributed by atoms with van der Waals surface area (Å²) >= 11 is 0. The van der Waals surface area contributed by atoms with Crippen LogP contribution in [0.15, 0.2) is 42.6 Å². The number of rotatable bonds is 13. The number of halogens is 1. The zero-order valence-corrected chi connectivity index (χ0v) is 26.9. The van der Waals surface area contributed by atoms with Crippen molar-refractivity contribution in [2.45, 2.75) is 104 Å². The third kappa shape index (κ3) is 6.48. The number of hydrogen-bond acceptors (Lipinski definition) is 4. The highest BCUT2D eigenvalue weighted by atomic mass is 32.2. The summed E-state index contributed by atoms with van der Waals surface area (Å²) in [6.07, 6.45) is 10.4. The minimum Gasteiger partial charge on any atom is -0.345 e. The van der Waals surface area contributed by atoms with Gasteiger partial charge >= 0.3 is 0 Å². The van der Waals surface area contributed by atoms with Crippen LogP contribution in [-0.4, -0.2) is 58.8 Å². The van der Waals surface area contributed by atoms with Gasteiger partial charge in [0.25, 0.3) is 0 Å². The van der Waals surface area contributed by atoms with Gasteiger partial charge < -0.3 is 9.47 Å². The first-order chi connectivity index (χ1) is 20.5. The lowest BCUT2D eigenvalue weighted by Gasteiger charge is -2.39. The van der Waals surface area contributed by atoms with Gasteiger partial charge in [-0.25, -0.2) is 12.8 Å². The standard InChI is InChI=1S/C34H48FN3O4S/c1-4-5-20-37(43(41,42)25-34-18-17-27(21-31(34)39)33(34,2)3)24-32(40)38(29-10-7-6-8-11-29)23-30-12-9-19-36(30)22-26-13-15-28(35)16-14-26/h9,12-16,19,27,29H,4-8,10-11,17-18,20-25H2,1-3H3. The number of carbonyl (C=O) groups excluding carboxylic acids is 2. The normalized spacial score (nSPS) is 23.7. The third-order valence-electron chi connectivity index (χ3n) is 10.9. The van der Waals surface area contributed by atoms with Crippen LogP contribution in [0, 0.1) is 22.6 Å². The average molecular weight is 614 g/mol. The van der Waals surface area contributed by atoms with E-state index in [4.69, 9.17) is 0 Å². The van der Waals surface area contributed by atoms with Gasteiger partial charge in [-0.1, -0.05) is 58.6 Å². The van der Waals surface area contributed by atoms with Crippen LogP contribution >= 0.6 is 0 Å². The van der Waals surface area contributed by atoms with Crippen molar-refractivity contribution in [3.05, 3.63) is 59.7 Å². The molecule has 3 aliphatic carbocycles. The topological polar surface area (TPSA) is 79.7 Å². The molecule has 1 amide bonds. The van der Waals surface area contributed by atoms with Crippen LogP contribution in [-0.2, 0) is 32.7 Å². The summed E-state index contributed by atoms with van der Waals surface area (Å²) in [6.45, 7) is 7.14. The summed E-state index contributed by atoms with van der Waals surface area (Å²) in [7, 11) is -3.87. The van der Waals surface area contributed by atoms with Crippen LogP contribution in [0.5, 0.6) is 0 Å². The van der Waals surface area contributed by atoms with Crippen molar-refractivity contribution in [1.29, 1.82) is 0 Å². The summed E-state index contributed by atoms with van der Waals surface area (Å²) in [6, 6.07) is 10.4.